The number of rotatable bonds is 3. The number of carbonyl (C=O) groups excluding carboxylic acids is 1. The first kappa shape index (κ1) is 10.5. The summed E-state index contributed by atoms with van der Waals surface area (Å²) >= 11 is 0. The van der Waals surface area contributed by atoms with Crippen molar-refractivity contribution in [1.29, 1.82) is 0 Å². The molecular weight excluding hydrogens is 206 g/mol. The normalized spacial score (nSPS) is 12.4. The third kappa shape index (κ3) is 1.98. The van der Waals surface area contributed by atoms with Gasteiger partial charge in [-0.2, -0.15) is 5.10 Å². The molecule has 0 aliphatic heterocycles. The number of nitrogens with one attached hydrogen (secondary N) is 2. The summed E-state index contributed by atoms with van der Waals surface area (Å²) in [5, 5.41) is 9.36. The zero-order valence-electron chi connectivity index (χ0n) is 9.15. The summed E-state index contributed by atoms with van der Waals surface area (Å²) in [6.45, 7) is 3.67. The third-order valence-electron chi connectivity index (χ3n) is 2.39. The average molecular weight is 219 g/mol. The van der Waals surface area contributed by atoms with E-state index in [-0.39, 0.29) is 11.9 Å². The largest absolute Gasteiger partial charge is 0.467 e. The molecule has 2 aromatic rings. The first-order chi connectivity index (χ1) is 7.68. The van der Waals surface area contributed by atoms with Gasteiger partial charge in [-0.15, -0.1) is 0 Å². The lowest BCUT2D eigenvalue weighted by molar-refractivity contribution is 0.0935. The molecule has 2 N–H and O–H groups in total. The predicted molar refractivity (Wildman–Crippen MR) is 57.9 cm³/mol. The molecule has 0 aromatic carbocycles. The summed E-state index contributed by atoms with van der Waals surface area (Å²) in [6, 6.07) is 3.46. The van der Waals surface area contributed by atoms with E-state index >= 15 is 0 Å². The van der Waals surface area contributed by atoms with Crippen LogP contribution in [0, 0.1) is 6.92 Å². The maximum absolute atomic E-state index is 11.8. The second-order valence-electron chi connectivity index (χ2n) is 3.62. The van der Waals surface area contributed by atoms with Gasteiger partial charge in [0.1, 0.15) is 5.76 Å². The molecule has 0 aliphatic carbocycles. The van der Waals surface area contributed by atoms with Gasteiger partial charge in [0.2, 0.25) is 0 Å². The third-order valence-corrected chi connectivity index (χ3v) is 2.39. The summed E-state index contributed by atoms with van der Waals surface area (Å²) in [7, 11) is 0. The molecule has 5 nitrogen and oxygen atoms in total. The standard InChI is InChI=1S/C11H13N3O2/c1-7-9(6-12-14-7)11(15)13-8(2)10-4-3-5-16-10/h3-6,8H,1-2H3,(H,12,14)(H,13,15). The van der Waals surface area contributed by atoms with Crippen LogP contribution >= 0.6 is 0 Å². The fourth-order valence-corrected chi connectivity index (χ4v) is 1.46. The minimum absolute atomic E-state index is 0.156. The Kier molecular flexibility index (Phi) is 2.76. The first-order valence-electron chi connectivity index (χ1n) is 5.02. The molecule has 1 atom stereocenters. The van der Waals surface area contributed by atoms with Crippen LogP contribution in [0.25, 0.3) is 0 Å². The quantitative estimate of drug-likeness (QED) is 0.826. The van der Waals surface area contributed by atoms with Crippen molar-refractivity contribution in [3.63, 3.8) is 0 Å². The predicted octanol–water partition coefficient (Wildman–Crippen LogP) is 1.80. The van der Waals surface area contributed by atoms with Gasteiger partial charge in [-0.25, -0.2) is 0 Å². The van der Waals surface area contributed by atoms with Gasteiger partial charge in [0.05, 0.1) is 24.1 Å². The van der Waals surface area contributed by atoms with E-state index in [0.717, 1.165) is 11.5 Å². The zero-order valence-corrected chi connectivity index (χ0v) is 9.15. The van der Waals surface area contributed by atoms with E-state index in [2.05, 4.69) is 15.5 Å². The van der Waals surface area contributed by atoms with Crippen LogP contribution < -0.4 is 5.32 Å². The fourth-order valence-electron chi connectivity index (χ4n) is 1.46. The molecular formula is C11H13N3O2. The topological polar surface area (TPSA) is 70.9 Å². The number of amides is 1. The lowest BCUT2D eigenvalue weighted by Gasteiger charge is -2.10. The lowest BCUT2D eigenvalue weighted by Crippen LogP contribution is -2.26. The Balaban J connectivity index is 2.06. The van der Waals surface area contributed by atoms with E-state index in [9.17, 15) is 4.79 Å². The van der Waals surface area contributed by atoms with Gasteiger partial charge >= 0.3 is 0 Å². The molecule has 0 saturated carbocycles. The number of carbonyl (C=O) groups is 1. The highest BCUT2D eigenvalue weighted by Crippen LogP contribution is 2.13. The van der Waals surface area contributed by atoms with Gasteiger partial charge in [-0.05, 0) is 26.0 Å². The van der Waals surface area contributed by atoms with E-state index < -0.39 is 0 Å². The van der Waals surface area contributed by atoms with Gasteiger partial charge < -0.3 is 9.73 Å². The highest BCUT2D eigenvalue weighted by Gasteiger charge is 2.15. The second kappa shape index (κ2) is 4.22. The van der Waals surface area contributed by atoms with Gasteiger partial charge in [0.25, 0.3) is 5.91 Å². The number of hydrogen-bond acceptors (Lipinski definition) is 3. The lowest BCUT2D eigenvalue weighted by atomic mass is 10.2. The number of aryl methyl sites for hydroxylation is 1. The molecule has 0 aliphatic rings. The molecule has 1 amide bonds. The molecule has 16 heavy (non-hydrogen) atoms. The average Bonchev–Trinajstić information content (AvgIpc) is 2.86. The van der Waals surface area contributed by atoms with Crippen molar-refractivity contribution >= 4 is 5.91 Å². The smallest absolute Gasteiger partial charge is 0.255 e. The summed E-state index contributed by atoms with van der Waals surface area (Å²) < 4.78 is 5.21. The minimum Gasteiger partial charge on any atom is -0.467 e. The zero-order chi connectivity index (χ0) is 11.5. The van der Waals surface area contributed by atoms with Crippen LogP contribution in [0.15, 0.2) is 29.0 Å². The molecule has 2 heterocycles. The molecule has 5 heteroatoms. The number of aromatic amines is 1. The van der Waals surface area contributed by atoms with Crippen molar-refractivity contribution in [2.24, 2.45) is 0 Å². The SMILES string of the molecule is Cc1[nH]ncc1C(=O)NC(C)c1ccco1. The molecule has 84 valence electrons. The Bertz CT molecular complexity index is 473. The van der Waals surface area contributed by atoms with E-state index in [1.807, 2.05) is 13.0 Å². The van der Waals surface area contributed by atoms with E-state index in [4.69, 9.17) is 4.42 Å². The molecule has 0 saturated heterocycles. The van der Waals surface area contributed by atoms with Crippen LogP contribution in [-0.2, 0) is 0 Å². The van der Waals surface area contributed by atoms with Crippen molar-refractivity contribution in [2.45, 2.75) is 19.9 Å². The monoisotopic (exact) mass is 219 g/mol. The molecule has 0 bridgehead atoms. The highest BCUT2D eigenvalue weighted by atomic mass is 16.3. The Morgan fingerprint density at radius 1 is 1.62 bits per heavy atom. The van der Waals surface area contributed by atoms with Crippen LogP contribution in [-0.4, -0.2) is 16.1 Å². The minimum atomic E-state index is -0.157. The summed E-state index contributed by atoms with van der Waals surface area (Å²) in [5.74, 6) is 0.574. The van der Waals surface area contributed by atoms with E-state index in [0.29, 0.717) is 5.56 Å². The summed E-state index contributed by atoms with van der Waals surface area (Å²) in [4.78, 5) is 11.8. The van der Waals surface area contributed by atoms with Gasteiger partial charge in [0.15, 0.2) is 0 Å². The Hall–Kier alpha value is -2.04. The van der Waals surface area contributed by atoms with E-state index in [1.165, 1.54) is 6.20 Å². The maximum atomic E-state index is 11.8. The Morgan fingerprint density at radius 2 is 2.44 bits per heavy atom. The van der Waals surface area contributed by atoms with Crippen LogP contribution in [0.1, 0.15) is 34.8 Å². The molecule has 0 fully saturated rings. The maximum Gasteiger partial charge on any atom is 0.255 e. The van der Waals surface area contributed by atoms with Crippen LogP contribution in [0.2, 0.25) is 0 Å². The highest BCUT2D eigenvalue weighted by molar-refractivity contribution is 5.95. The Labute approximate surface area is 92.9 Å². The Morgan fingerprint density at radius 3 is 3.00 bits per heavy atom. The second-order valence-corrected chi connectivity index (χ2v) is 3.62. The molecule has 0 radical (unpaired) electrons. The van der Waals surface area contributed by atoms with Crippen molar-refractivity contribution < 1.29 is 9.21 Å². The van der Waals surface area contributed by atoms with Crippen molar-refractivity contribution in [3.8, 4) is 0 Å². The van der Waals surface area contributed by atoms with Gasteiger partial charge in [-0.3, -0.25) is 9.89 Å². The van der Waals surface area contributed by atoms with Crippen molar-refractivity contribution in [2.75, 3.05) is 0 Å². The van der Waals surface area contributed by atoms with E-state index in [1.54, 1.807) is 19.3 Å². The number of aromatic nitrogens is 2. The summed E-state index contributed by atoms with van der Waals surface area (Å²) in [6.07, 6.45) is 3.10. The van der Waals surface area contributed by atoms with Crippen LogP contribution in [0.3, 0.4) is 0 Å². The van der Waals surface area contributed by atoms with Gasteiger partial charge in [-0.1, -0.05) is 0 Å². The number of nitrogens with zero attached hydrogens (tertiary/aromatic N) is 1. The molecule has 2 rings (SSSR count). The van der Waals surface area contributed by atoms with Crippen LogP contribution in [0.5, 0.6) is 0 Å². The molecule has 0 spiro atoms. The van der Waals surface area contributed by atoms with Gasteiger partial charge in [0, 0.05) is 5.69 Å². The fraction of sp³-hybridized carbons (Fsp3) is 0.273. The number of furan rings is 1. The van der Waals surface area contributed by atoms with Crippen LogP contribution in [0.4, 0.5) is 0 Å². The molecule has 1 unspecified atom stereocenters. The first-order valence-corrected chi connectivity index (χ1v) is 5.02. The number of hydrogen-bond donors (Lipinski definition) is 2. The summed E-state index contributed by atoms with van der Waals surface area (Å²) in [5.41, 5.74) is 1.31. The number of H-pyrrole nitrogens is 1. The van der Waals surface area contributed by atoms with Crippen molar-refractivity contribution in [3.05, 3.63) is 41.6 Å². The van der Waals surface area contributed by atoms with Crippen molar-refractivity contribution in [1.82, 2.24) is 15.5 Å². The molecule has 2 aromatic heterocycles.